The second-order valence-corrected chi connectivity index (χ2v) is 4.27. The highest BCUT2D eigenvalue weighted by molar-refractivity contribution is 6.03. The number of nitrogens with one attached hydrogen (secondary N) is 2. The Labute approximate surface area is 109 Å². The summed E-state index contributed by atoms with van der Waals surface area (Å²) in [5.41, 5.74) is 7.41. The zero-order valence-electron chi connectivity index (χ0n) is 10.7. The van der Waals surface area contributed by atoms with Crippen LogP contribution in [-0.2, 0) is 0 Å². The summed E-state index contributed by atoms with van der Waals surface area (Å²) in [6, 6.07) is 3.02. The molecule has 2 aromatic heterocycles. The van der Waals surface area contributed by atoms with Gasteiger partial charge in [0.1, 0.15) is 11.4 Å². The molecule has 0 aromatic carbocycles. The number of H-pyrrole nitrogens is 1. The lowest BCUT2D eigenvalue weighted by Gasteiger charge is -2.06. The minimum Gasteiger partial charge on any atom is -0.397 e. The fraction of sp³-hybridized carbons (Fsp3) is 0.154. The maximum Gasteiger partial charge on any atom is 0.262 e. The molecule has 0 radical (unpaired) electrons. The van der Waals surface area contributed by atoms with Crippen LogP contribution in [0.2, 0.25) is 0 Å². The van der Waals surface area contributed by atoms with Crippen molar-refractivity contribution in [2.24, 2.45) is 0 Å². The average molecular weight is 258 g/mol. The van der Waals surface area contributed by atoms with Crippen LogP contribution < -0.4 is 16.5 Å². The van der Waals surface area contributed by atoms with Crippen molar-refractivity contribution in [2.45, 2.75) is 13.8 Å². The number of aryl methyl sites for hydroxylation is 2. The van der Waals surface area contributed by atoms with Gasteiger partial charge in [-0.1, -0.05) is 0 Å². The van der Waals surface area contributed by atoms with Gasteiger partial charge in [-0.05, 0) is 25.5 Å². The van der Waals surface area contributed by atoms with Gasteiger partial charge in [0.25, 0.3) is 5.91 Å². The number of aromatic nitrogens is 2. The summed E-state index contributed by atoms with van der Waals surface area (Å²) in [4.78, 5) is 30.4. The van der Waals surface area contributed by atoms with Crippen LogP contribution in [0, 0.1) is 13.8 Å². The number of rotatable bonds is 2. The van der Waals surface area contributed by atoms with Gasteiger partial charge < -0.3 is 16.0 Å². The standard InChI is InChI=1S/C13H14N4O2/c1-7-3-12(16-6-10(7)14)17-13(19)9-5-15-8(2)4-11(9)18/h3-6H,14H2,1-2H3,(H,15,18)(H,16,17,19). The quantitative estimate of drug-likeness (QED) is 0.753. The highest BCUT2D eigenvalue weighted by Crippen LogP contribution is 2.13. The minimum atomic E-state index is -0.502. The Morgan fingerprint density at radius 3 is 2.74 bits per heavy atom. The number of pyridine rings is 2. The van der Waals surface area contributed by atoms with E-state index in [1.807, 2.05) is 6.92 Å². The van der Waals surface area contributed by atoms with E-state index < -0.39 is 5.91 Å². The molecule has 19 heavy (non-hydrogen) atoms. The molecule has 0 unspecified atom stereocenters. The van der Waals surface area contributed by atoms with Crippen molar-refractivity contribution in [1.82, 2.24) is 9.97 Å². The van der Waals surface area contributed by atoms with Crippen LogP contribution in [0.15, 0.2) is 29.3 Å². The summed E-state index contributed by atoms with van der Waals surface area (Å²) in [6.07, 6.45) is 2.85. The van der Waals surface area contributed by atoms with Crippen LogP contribution in [0.3, 0.4) is 0 Å². The van der Waals surface area contributed by atoms with E-state index in [2.05, 4.69) is 15.3 Å². The second-order valence-electron chi connectivity index (χ2n) is 4.27. The van der Waals surface area contributed by atoms with Gasteiger partial charge in [-0.25, -0.2) is 4.98 Å². The number of nitrogens with zero attached hydrogens (tertiary/aromatic N) is 1. The third-order valence-corrected chi connectivity index (χ3v) is 2.69. The van der Waals surface area contributed by atoms with Gasteiger partial charge in [-0.15, -0.1) is 0 Å². The van der Waals surface area contributed by atoms with Crippen molar-refractivity contribution in [3.8, 4) is 0 Å². The molecule has 6 heteroatoms. The number of nitrogen functional groups attached to an aromatic ring is 1. The van der Waals surface area contributed by atoms with Crippen LogP contribution in [0.25, 0.3) is 0 Å². The predicted octanol–water partition coefficient (Wildman–Crippen LogP) is 1.22. The molecule has 2 heterocycles. The molecule has 0 atom stereocenters. The summed E-state index contributed by atoms with van der Waals surface area (Å²) in [5.74, 6) is -0.144. The molecule has 6 nitrogen and oxygen atoms in total. The zero-order chi connectivity index (χ0) is 14.0. The minimum absolute atomic E-state index is 0.0434. The van der Waals surface area contributed by atoms with E-state index >= 15 is 0 Å². The summed E-state index contributed by atoms with van der Waals surface area (Å²) in [7, 11) is 0. The molecule has 0 bridgehead atoms. The fourth-order valence-corrected chi connectivity index (χ4v) is 1.57. The molecule has 1 amide bonds. The van der Waals surface area contributed by atoms with Gasteiger partial charge in [-0.2, -0.15) is 0 Å². The average Bonchev–Trinajstić information content (AvgIpc) is 2.33. The lowest BCUT2D eigenvalue weighted by molar-refractivity contribution is 0.102. The monoisotopic (exact) mass is 258 g/mol. The van der Waals surface area contributed by atoms with E-state index in [9.17, 15) is 9.59 Å². The van der Waals surface area contributed by atoms with Crippen LogP contribution in [0.5, 0.6) is 0 Å². The van der Waals surface area contributed by atoms with Gasteiger partial charge in [0.2, 0.25) is 0 Å². The zero-order valence-corrected chi connectivity index (χ0v) is 10.7. The number of carbonyl (C=O) groups is 1. The molecule has 0 aliphatic heterocycles. The molecule has 2 aromatic rings. The molecule has 0 aliphatic rings. The normalized spacial score (nSPS) is 10.2. The number of aromatic amines is 1. The molecule has 0 aliphatic carbocycles. The van der Waals surface area contributed by atoms with Crippen molar-refractivity contribution < 1.29 is 4.79 Å². The third-order valence-electron chi connectivity index (χ3n) is 2.69. The van der Waals surface area contributed by atoms with Crippen LogP contribution in [0.1, 0.15) is 21.6 Å². The molecule has 0 saturated heterocycles. The fourth-order valence-electron chi connectivity index (χ4n) is 1.57. The third kappa shape index (κ3) is 2.79. The molecule has 2 rings (SSSR count). The number of amides is 1. The number of carbonyl (C=O) groups excluding carboxylic acids is 1. The van der Waals surface area contributed by atoms with Gasteiger partial charge >= 0.3 is 0 Å². The Morgan fingerprint density at radius 1 is 1.37 bits per heavy atom. The number of anilines is 2. The van der Waals surface area contributed by atoms with Crippen LogP contribution >= 0.6 is 0 Å². The highest BCUT2D eigenvalue weighted by Gasteiger charge is 2.11. The maximum absolute atomic E-state index is 11.9. The Hall–Kier alpha value is -2.63. The van der Waals surface area contributed by atoms with Crippen molar-refractivity contribution >= 4 is 17.4 Å². The molecule has 98 valence electrons. The van der Waals surface area contributed by atoms with Crippen molar-refractivity contribution in [1.29, 1.82) is 0 Å². The first-order valence-corrected chi connectivity index (χ1v) is 5.70. The van der Waals surface area contributed by atoms with E-state index in [-0.39, 0.29) is 11.0 Å². The van der Waals surface area contributed by atoms with Crippen LogP contribution in [-0.4, -0.2) is 15.9 Å². The van der Waals surface area contributed by atoms with Gasteiger partial charge in [-0.3, -0.25) is 9.59 Å². The Balaban J connectivity index is 2.25. The molecule has 0 fully saturated rings. The lowest BCUT2D eigenvalue weighted by atomic mass is 10.2. The molecule has 0 spiro atoms. The van der Waals surface area contributed by atoms with E-state index in [0.29, 0.717) is 17.2 Å². The van der Waals surface area contributed by atoms with Crippen molar-refractivity contribution in [3.05, 3.63) is 51.6 Å². The van der Waals surface area contributed by atoms with E-state index in [1.54, 1.807) is 13.0 Å². The number of hydrogen-bond acceptors (Lipinski definition) is 4. The summed E-state index contributed by atoms with van der Waals surface area (Å²) in [5, 5.41) is 2.56. The van der Waals surface area contributed by atoms with E-state index in [4.69, 9.17) is 5.73 Å². The Bertz CT molecular complexity index is 691. The highest BCUT2D eigenvalue weighted by atomic mass is 16.2. The summed E-state index contributed by atoms with van der Waals surface area (Å²) < 4.78 is 0. The summed E-state index contributed by atoms with van der Waals surface area (Å²) in [6.45, 7) is 3.55. The Morgan fingerprint density at radius 2 is 2.11 bits per heavy atom. The predicted molar refractivity (Wildman–Crippen MR) is 73.1 cm³/mol. The first-order chi connectivity index (χ1) is 8.97. The van der Waals surface area contributed by atoms with Crippen molar-refractivity contribution in [2.75, 3.05) is 11.1 Å². The first kappa shape index (κ1) is 12.8. The molecular weight excluding hydrogens is 244 g/mol. The van der Waals surface area contributed by atoms with Crippen LogP contribution in [0.4, 0.5) is 11.5 Å². The topological polar surface area (TPSA) is 101 Å². The maximum atomic E-state index is 11.9. The molecular formula is C13H14N4O2. The van der Waals surface area contributed by atoms with Gasteiger partial charge in [0, 0.05) is 18.0 Å². The first-order valence-electron chi connectivity index (χ1n) is 5.70. The molecule has 0 saturated carbocycles. The van der Waals surface area contributed by atoms with Crippen molar-refractivity contribution in [3.63, 3.8) is 0 Å². The largest absolute Gasteiger partial charge is 0.397 e. The lowest BCUT2D eigenvalue weighted by Crippen LogP contribution is -2.22. The van der Waals surface area contributed by atoms with E-state index in [0.717, 1.165) is 5.56 Å². The SMILES string of the molecule is Cc1cc(=O)c(C(=O)Nc2cc(C)c(N)cn2)c[nH]1. The smallest absolute Gasteiger partial charge is 0.262 e. The number of hydrogen-bond donors (Lipinski definition) is 3. The Kier molecular flexibility index (Phi) is 3.33. The summed E-state index contributed by atoms with van der Waals surface area (Å²) >= 11 is 0. The molecule has 4 N–H and O–H groups in total. The van der Waals surface area contributed by atoms with Gasteiger partial charge in [0.15, 0.2) is 5.43 Å². The van der Waals surface area contributed by atoms with E-state index in [1.165, 1.54) is 18.5 Å². The number of nitrogens with two attached hydrogens (primary N) is 1. The van der Waals surface area contributed by atoms with Gasteiger partial charge in [0.05, 0.1) is 11.9 Å². The second kappa shape index (κ2) is 4.93.